The number of aliphatic carboxylic acids is 1. The summed E-state index contributed by atoms with van der Waals surface area (Å²) < 4.78 is 18.3. The molecule has 0 unspecified atom stereocenters. The average molecular weight is 299 g/mol. The van der Waals surface area contributed by atoms with Crippen molar-refractivity contribution in [2.24, 2.45) is 0 Å². The number of H-pyrrole nitrogens is 1. The maximum atomic E-state index is 13.1. The number of halogens is 1. The Morgan fingerprint density at radius 2 is 1.95 bits per heavy atom. The SMILES string of the molecule is COc1ccc2[nH]c(-c3ccc(F)cc3)c(CC(=O)O)c2c1. The van der Waals surface area contributed by atoms with Crippen LogP contribution in [0.4, 0.5) is 4.39 Å². The van der Waals surface area contributed by atoms with Gasteiger partial charge in [-0.15, -0.1) is 0 Å². The third-order valence-corrected chi connectivity index (χ3v) is 3.57. The number of aromatic nitrogens is 1. The van der Waals surface area contributed by atoms with Crippen LogP contribution in [0.1, 0.15) is 5.56 Å². The lowest BCUT2D eigenvalue weighted by Crippen LogP contribution is -2.01. The first-order valence-corrected chi connectivity index (χ1v) is 6.75. The Morgan fingerprint density at radius 3 is 2.59 bits per heavy atom. The minimum Gasteiger partial charge on any atom is -0.497 e. The molecular weight excluding hydrogens is 285 g/mol. The smallest absolute Gasteiger partial charge is 0.307 e. The number of hydrogen-bond donors (Lipinski definition) is 2. The van der Waals surface area contributed by atoms with E-state index in [4.69, 9.17) is 4.74 Å². The van der Waals surface area contributed by atoms with Crippen LogP contribution >= 0.6 is 0 Å². The molecule has 1 aromatic heterocycles. The van der Waals surface area contributed by atoms with Crippen LogP contribution in [0, 0.1) is 5.82 Å². The molecule has 0 amide bonds. The Kier molecular flexibility index (Phi) is 3.55. The lowest BCUT2D eigenvalue weighted by molar-refractivity contribution is -0.136. The van der Waals surface area contributed by atoms with Gasteiger partial charge in [-0.25, -0.2) is 4.39 Å². The molecule has 0 aliphatic heterocycles. The predicted molar refractivity (Wildman–Crippen MR) is 81.6 cm³/mol. The van der Waals surface area contributed by atoms with Gasteiger partial charge < -0.3 is 14.8 Å². The summed E-state index contributed by atoms with van der Waals surface area (Å²) in [7, 11) is 1.56. The summed E-state index contributed by atoms with van der Waals surface area (Å²) in [4.78, 5) is 14.4. The molecule has 22 heavy (non-hydrogen) atoms. The van der Waals surface area contributed by atoms with Gasteiger partial charge in [0.1, 0.15) is 11.6 Å². The van der Waals surface area contributed by atoms with Crippen LogP contribution in [-0.4, -0.2) is 23.2 Å². The molecule has 0 aliphatic rings. The van der Waals surface area contributed by atoms with Crippen molar-refractivity contribution in [2.45, 2.75) is 6.42 Å². The molecule has 0 atom stereocenters. The molecule has 1 heterocycles. The molecule has 0 spiro atoms. The van der Waals surface area contributed by atoms with Crippen molar-refractivity contribution in [3.8, 4) is 17.0 Å². The van der Waals surface area contributed by atoms with E-state index in [1.807, 2.05) is 6.07 Å². The zero-order chi connectivity index (χ0) is 15.7. The third kappa shape index (κ3) is 2.53. The van der Waals surface area contributed by atoms with Gasteiger partial charge in [-0.1, -0.05) is 0 Å². The first-order valence-electron chi connectivity index (χ1n) is 6.75. The van der Waals surface area contributed by atoms with E-state index < -0.39 is 5.97 Å². The minimum atomic E-state index is -0.924. The number of methoxy groups -OCH3 is 1. The normalized spacial score (nSPS) is 10.8. The maximum absolute atomic E-state index is 13.1. The molecule has 0 bridgehead atoms. The number of carbonyl (C=O) groups is 1. The van der Waals surface area contributed by atoms with E-state index in [1.165, 1.54) is 12.1 Å². The van der Waals surface area contributed by atoms with Crippen LogP contribution in [0.3, 0.4) is 0 Å². The van der Waals surface area contributed by atoms with Crippen molar-refractivity contribution < 1.29 is 19.0 Å². The fourth-order valence-corrected chi connectivity index (χ4v) is 2.55. The topological polar surface area (TPSA) is 62.3 Å². The Morgan fingerprint density at radius 1 is 1.23 bits per heavy atom. The summed E-state index contributed by atoms with van der Waals surface area (Å²) in [6.07, 6.45) is -0.125. The molecule has 0 aliphatic carbocycles. The molecule has 3 aromatic rings. The molecule has 0 saturated carbocycles. The molecule has 2 aromatic carbocycles. The maximum Gasteiger partial charge on any atom is 0.307 e. The van der Waals surface area contributed by atoms with Crippen LogP contribution < -0.4 is 4.74 Å². The Labute approximate surface area is 126 Å². The first kappa shape index (κ1) is 14.1. The van der Waals surface area contributed by atoms with Crippen molar-refractivity contribution in [1.82, 2.24) is 4.98 Å². The highest BCUT2D eigenvalue weighted by Gasteiger charge is 2.16. The van der Waals surface area contributed by atoms with E-state index >= 15 is 0 Å². The second-order valence-electron chi connectivity index (χ2n) is 4.97. The largest absolute Gasteiger partial charge is 0.497 e. The molecule has 112 valence electrons. The molecule has 4 nitrogen and oxygen atoms in total. The van der Waals surface area contributed by atoms with Gasteiger partial charge in [0.15, 0.2) is 0 Å². The summed E-state index contributed by atoms with van der Waals surface area (Å²) in [5.41, 5.74) is 2.91. The number of rotatable bonds is 4. The van der Waals surface area contributed by atoms with Gasteiger partial charge in [0, 0.05) is 10.9 Å². The van der Waals surface area contributed by atoms with Crippen LogP contribution in [0.5, 0.6) is 5.75 Å². The third-order valence-electron chi connectivity index (χ3n) is 3.57. The molecule has 0 radical (unpaired) electrons. The monoisotopic (exact) mass is 299 g/mol. The fraction of sp³-hybridized carbons (Fsp3) is 0.118. The van der Waals surface area contributed by atoms with Gasteiger partial charge in [-0.05, 0) is 53.6 Å². The van der Waals surface area contributed by atoms with Crippen LogP contribution in [-0.2, 0) is 11.2 Å². The summed E-state index contributed by atoms with van der Waals surface area (Å²) in [6.45, 7) is 0. The van der Waals surface area contributed by atoms with Crippen molar-refractivity contribution in [3.63, 3.8) is 0 Å². The van der Waals surface area contributed by atoms with Crippen molar-refractivity contribution in [2.75, 3.05) is 7.11 Å². The lowest BCUT2D eigenvalue weighted by Gasteiger charge is -2.03. The molecular formula is C17H14FNO3. The van der Waals surface area contributed by atoms with Gasteiger partial charge in [-0.2, -0.15) is 0 Å². The van der Waals surface area contributed by atoms with Gasteiger partial charge in [-0.3, -0.25) is 4.79 Å². The van der Waals surface area contributed by atoms with E-state index in [9.17, 15) is 14.3 Å². The highest BCUT2D eigenvalue weighted by atomic mass is 19.1. The molecule has 2 N–H and O–H groups in total. The number of fused-ring (bicyclic) bond motifs is 1. The van der Waals surface area contributed by atoms with E-state index in [0.717, 1.165) is 16.5 Å². The second kappa shape index (κ2) is 5.52. The van der Waals surface area contributed by atoms with Crippen LogP contribution in [0.15, 0.2) is 42.5 Å². The highest BCUT2D eigenvalue weighted by molar-refractivity contribution is 5.94. The summed E-state index contributed by atoms with van der Waals surface area (Å²) in [6, 6.07) is 11.4. The Bertz CT molecular complexity index is 837. The molecule has 3 rings (SSSR count). The van der Waals surface area contributed by atoms with E-state index in [0.29, 0.717) is 17.0 Å². The highest BCUT2D eigenvalue weighted by Crippen LogP contribution is 2.33. The van der Waals surface area contributed by atoms with Crippen LogP contribution in [0.2, 0.25) is 0 Å². The van der Waals surface area contributed by atoms with Gasteiger partial charge in [0.05, 0.1) is 19.2 Å². The van der Waals surface area contributed by atoms with Crippen molar-refractivity contribution >= 4 is 16.9 Å². The minimum absolute atomic E-state index is 0.125. The number of benzene rings is 2. The number of hydrogen-bond acceptors (Lipinski definition) is 2. The predicted octanol–water partition coefficient (Wildman–Crippen LogP) is 3.61. The summed E-state index contributed by atoms with van der Waals surface area (Å²) >= 11 is 0. The van der Waals surface area contributed by atoms with E-state index in [-0.39, 0.29) is 12.2 Å². The molecule has 0 fully saturated rings. The number of nitrogens with one attached hydrogen (secondary N) is 1. The number of ether oxygens (including phenoxy) is 1. The van der Waals surface area contributed by atoms with Crippen molar-refractivity contribution in [3.05, 3.63) is 53.8 Å². The lowest BCUT2D eigenvalue weighted by atomic mass is 10.0. The van der Waals surface area contributed by atoms with Gasteiger partial charge in [0.2, 0.25) is 0 Å². The standard InChI is InChI=1S/C17H14FNO3/c1-22-12-6-7-15-13(8-12)14(9-16(20)21)17(19-15)10-2-4-11(18)5-3-10/h2-8,19H,9H2,1H3,(H,20,21). The van der Waals surface area contributed by atoms with Gasteiger partial charge in [0.25, 0.3) is 0 Å². The van der Waals surface area contributed by atoms with Crippen LogP contribution in [0.25, 0.3) is 22.2 Å². The molecule has 0 saturated heterocycles. The molecule has 5 heteroatoms. The first-order chi connectivity index (χ1) is 10.6. The second-order valence-corrected chi connectivity index (χ2v) is 4.97. The average Bonchev–Trinajstić information content (AvgIpc) is 2.85. The van der Waals surface area contributed by atoms with E-state index in [1.54, 1.807) is 31.4 Å². The number of carboxylic acid groups (broad SMARTS) is 1. The van der Waals surface area contributed by atoms with Crippen molar-refractivity contribution in [1.29, 1.82) is 0 Å². The Balaban J connectivity index is 2.23. The number of carboxylic acids is 1. The summed E-state index contributed by atoms with van der Waals surface area (Å²) in [5, 5.41) is 9.97. The Hall–Kier alpha value is -2.82. The quantitative estimate of drug-likeness (QED) is 0.773. The number of aromatic amines is 1. The van der Waals surface area contributed by atoms with Gasteiger partial charge >= 0.3 is 5.97 Å². The zero-order valence-electron chi connectivity index (χ0n) is 11.9. The van der Waals surface area contributed by atoms with E-state index in [2.05, 4.69) is 4.98 Å². The zero-order valence-corrected chi connectivity index (χ0v) is 11.9. The summed E-state index contributed by atoms with van der Waals surface area (Å²) in [5.74, 6) is -0.600. The fourth-order valence-electron chi connectivity index (χ4n) is 2.55.